The maximum absolute atomic E-state index is 14.7. The fourth-order valence-electron chi connectivity index (χ4n) is 6.73. The number of likely N-dealkylation sites (N-methyl/N-ethyl adjacent to an activating group) is 1. The van der Waals surface area contributed by atoms with E-state index in [0.717, 1.165) is 29.2 Å². The van der Waals surface area contributed by atoms with Gasteiger partial charge in [0.05, 0.1) is 17.7 Å². The lowest BCUT2D eigenvalue weighted by molar-refractivity contribution is -0.137. The summed E-state index contributed by atoms with van der Waals surface area (Å²) in [5.41, 5.74) is -1.11. The molecule has 2 fully saturated rings. The fourth-order valence-corrected chi connectivity index (χ4v) is 6.73. The molecule has 252 valence electrons. The second-order valence-electron chi connectivity index (χ2n) is 11.9. The first-order chi connectivity index (χ1) is 22.9. The van der Waals surface area contributed by atoms with Gasteiger partial charge < -0.3 is 15.0 Å². The van der Waals surface area contributed by atoms with Crippen LogP contribution in [0.5, 0.6) is 0 Å². The van der Waals surface area contributed by atoms with E-state index in [0.29, 0.717) is 37.7 Å². The van der Waals surface area contributed by atoms with Crippen LogP contribution in [-0.4, -0.2) is 77.0 Å². The number of nitrogens with one attached hydrogen (secondary N) is 1. The van der Waals surface area contributed by atoms with Crippen LogP contribution < -0.4 is 10.2 Å². The fraction of sp³-hybridized carbons (Fsp3) is 0.424. The lowest BCUT2D eigenvalue weighted by Crippen LogP contribution is -2.56. The van der Waals surface area contributed by atoms with Gasteiger partial charge in [0.1, 0.15) is 23.8 Å². The largest absolute Gasteiger partial charge is 0.416 e. The topological polar surface area (TPSA) is 121 Å². The van der Waals surface area contributed by atoms with Crippen LogP contribution in [0.3, 0.4) is 0 Å². The number of hydrogen-bond acceptors (Lipinski definition) is 6. The van der Waals surface area contributed by atoms with Gasteiger partial charge in [0, 0.05) is 43.3 Å². The maximum Gasteiger partial charge on any atom is 0.416 e. The van der Waals surface area contributed by atoms with Gasteiger partial charge in [-0.05, 0) is 62.1 Å². The first-order valence-corrected chi connectivity index (χ1v) is 15.5. The minimum atomic E-state index is -4.73. The number of carbonyl (C=O) groups is 3. The number of aromatic nitrogens is 2. The van der Waals surface area contributed by atoms with E-state index >= 15 is 0 Å². The molecule has 3 aliphatic heterocycles. The van der Waals surface area contributed by atoms with Crippen molar-refractivity contribution in [3.63, 3.8) is 0 Å². The van der Waals surface area contributed by atoms with Gasteiger partial charge in [-0.3, -0.25) is 19.3 Å². The highest BCUT2D eigenvalue weighted by Crippen LogP contribution is 2.45. The smallest absolute Gasteiger partial charge is 0.381 e. The first-order valence-electron chi connectivity index (χ1n) is 15.5. The summed E-state index contributed by atoms with van der Waals surface area (Å²) in [5.74, 6) is -3.90. The number of ether oxygens (including phenoxy) is 1. The Kier molecular flexibility index (Phi) is 8.95. The third-order valence-corrected chi connectivity index (χ3v) is 9.09. The number of amides is 3. The third kappa shape index (κ3) is 5.89. The molecule has 4 heterocycles. The summed E-state index contributed by atoms with van der Waals surface area (Å²) >= 11 is 0. The van der Waals surface area contributed by atoms with Gasteiger partial charge in [0.2, 0.25) is 0 Å². The quantitative estimate of drug-likeness (QED) is 0.378. The molecule has 0 unspecified atom stereocenters. The Balaban J connectivity index is 1.54. The molecule has 10 nitrogen and oxygen atoms in total. The molecule has 1 aromatic heterocycles. The Morgan fingerprint density at radius 2 is 1.81 bits per heavy atom. The highest BCUT2D eigenvalue weighted by atomic mass is 19.4. The van der Waals surface area contributed by atoms with Crippen LogP contribution in [0.25, 0.3) is 0 Å². The number of nitriles is 1. The van der Waals surface area contributed by atoms with E-state index in [1.54, 1.807) is 11.6 Å². The number of nitrogens with zero attached hydrogens (tertiary/aromatic N) is 5. The zero-order chi connectivity index (χ0) is 34.3. The Bertz CT molecular complexity index is 1770. The first kappa shape index (κ1) is 33.1. The number of fused-ring (bicyclic) bond motifs is 1. The second-order valence-corrected chi connectivity index (χ2v) is 11.9. The molecule has 48 heavy (non-hydrogen) atoms. The number of benzene rings is 2. The minimum Gasteiger partial charge on any atom is -0.381 e. The molecule has 0 radical (unpaired) electrons. The third-order valence-electron chi connectivity index (χ3n) is 9.09. The van der Waals surface area contributed by atoms with E-state index in [4.69, 9.17) is 9.84 Å². The molecule has 2 saturated heterocycles. The molecule has 0 saturated carbocycles. The molecule has 3 aromatic rings. The average Bonchev–Trinajstić information content (AvgIpc) is 3.66. The van der Waals surface area contributed by atoms with Gasteiger partial charge in [0.15, 0.2) is 11.7 Å². The average molecular weight is 671 g/mol. The van der Waals surface area contributed by atoms with Gasteiger partial charge in [-0.2, -0.15) is 23.5 Å². The van der Waals surface area contributed by atoms with E-state index in [2.05, 4.69) is 5.32 Å². The Labute approximate surface area is 272 Å². The van der Waals surface area contributed by atoms with Crippen LogP contribution in [0.1, 0.15) is 75.7 Å². The van der Waals surface area contributed by atoms with Crippen molar-refractivity contribution >= 4 is 23.5 Å². The molecule has 4 atom stereocenters. The maximum atomic E-state index is 14.7. The number of anilines is 1. The van der Waals surface area contributed by atoms with Crippen LogP contribution in [0.2, 0.25) is 0 Å². The normalized spacial score (nSPS) is 23.1. The standard InChI is InChI=1S/C33H31F5N6O4/c1-2-42-30-26(28(41-44(30)22-11-14-48-15-12-22)32(47)43-13-10-23(35)24(43)17-39)25(18-6-8-21(34)9-7-18)27(31(42)46)40-29(45)19-4-3-5-20(16-19)33(36,37)38/h3-9,16,22-25,27H,2,10-15H2,1H3,(H,40,45)/t23-,24+,25-,27-/m0/s1. The summed E-state index contributed by atoms with van der Waals surface area (Å²) in [6.07, 6.45) is -5.41. The zero-order valence-corrected chi connectivity index (χ0v) is 25.7. The van der Waals surface area contributed by atoms with E-state index in [1.165, 1.54) is 23.1 Å². The van der Waals surface area contributed by atoms with Crippen molar-refractivity contribution in [3.8, 4) is 6.07 Å². The number of halogens is 5. The molecule has 3 amide bonds. The summed E-state index contributed by atoms with van der Waals surface area (Å²) in [6, 6.07) is 7.43. The van der Waals surface area contributed by atoms with E-state index in [1.807, 2.05) is 6.07 Å². The molecular weight excluding hydrogens is 639 g/mol. The van der Waals surface area contributed by atoms with Gasteiger partial charge in [-0.15, -0.1) is 0 Å². The van der Waals surface area contributed by atoms with Crippen LogP contribution in [0, 0.1) is 17.1 Å². The molecular formula is C33H31F5N6O4. The summed E-state index contributed by atoms with van der Waals surface area (Å²) in [5, 5.41) is 17.0. The summed E-state index contributed by atoms with van der Waals surface area (Å²) in [4.78, 5) is 44.7. The van der Waals surface area contributed by atoms with Crippen LogP contribution in [0.4, 0.5) is 27.8 Å². The van der Waals surface area contributed by atoms with Crippen molar-refractivity contribution in [3.05, 3.63) is 82.3 Å². The van der Waals surface area contributed by atoms with Crippen LogP contribution in [0.15, 0.2) is 48.5 Å². The second kappa shape index (κ2) is 13.0. The number of rotatable bonds is 6. The van der Waals surface area contributed by atoms with Crippen molar-refractivity contribution in [2.24, 2.45) is 0 Å². The van der Waals surface area contributed by atoms with Crippen molar-refractivity contribution in [1.29, 1.82) is 5.26 Å². The highest BCUT2D eigenvalue weighted by Gasteiger charge is 2.49. The lowest BCUT2D eigenvalue weighted by atomic mass is 9.80. The molecule has 0 spiro atoms. The Morgan fingerprint density at radius 3 is 2.46 bits per heavy atom. The van der Waals surface area contributed by atoms with Gasteiger partial charge in [-0.1, -0.05) is 18.2 Å². The van der Waals surface area contributed by atoms with Crippen LogP contribution in [-0.2, 0) is 15.7 Å². The Morgan fingerprint density at radius 1 is 1.10 bits per heavy atom. The molecule has 3 aliphatic rings. The van der Waals surface area contributed by atoms with E-state index in [9.17, 15) is 41.6 Å². The summed E-state index contributed by atoms with van der Waals surface area (Å²) in [6.45, 7) is 2.42. The van der Waals surface area contributed by atoms with Crippen molar-refractivity contribution < 1.29 is 41.1 Å². The van der Waals surface area contributed by atoms with Gasteiger partial charge in [-0.25, -0.2) is 13.5 Å². The molecule has 2 aromatic carbocycles. The molecule has 1 N–H and O–H groups in total. The molecule has 15 heteroatoms. The molecule has 0 aliphatic carbocycles. The zero-order valence-electron chi connectivity index (χ0n) is 25.7. The minimum absolute atomic E-state index is 0.0531. The monoisotopic (exact) mass is 670 g/mol. The number of carbonyl (C=O) groups excluding carboxylic acids is 3. The van der Waals surface area contributed by atoms with Crippen molar-refractivity contribution in [1.82, 2.24) is 20.0 Å². The predicted molar refractivity (Wildman–Crippen MR) is 160 cm³/mol. The lowest BCUT2D eigenvalue weighted by Gasteiger charge is -2.39. The summed E-state index contributed by atoms with van der Waals surface area (Å²) in [7, 11) is 0. The van der Waals surface area contributed by atoms with Crippen molar-refractivity contribution in [2.45, 2.75) is 62.6 Å². The van der Waals surface area contributed by atoms with Gasteiger partial charge in [0.25, 0.3) is 17.7 Å². The summed E-state index contributed by atoms with van der Waals surface area (Å²) < 4.78 is 76.5. The Hall–Kier alpha value is -4.84. The SMILES string of the molecule is CCN1C(=O)[C@@H](NC(=O)c2cccc(C(F)(F)F)c2)[C@@H](c2ccc(F)cc2)c2c(C(=O)N3CC[C@H](F)[C@H]3C#N)nn(C3CCOCC3)c21. The molecule has 0 bridgehead atoms. The van der Waals surface area contributed by atoms with Crippen molar-refractivity contribution in [2.75, 3.05) is 31.2 Å². The van der Waals surface area contributed by atoms with E-state index in [-0.39, 0.29) is 48.2 Å². The number of hydrogen-bond donors (Lipinski definition) is 1. The van der Waals surface area contributed by atoms with Gasteiger partial charge >= 0.3 is 6.18 Å². The highest BCUT2D eigenvalue weighted by molar-refractivity contribution is 6.07. The van der Waals surface area contributed by atoms with E-state index < -0.39 is 59.5 Å². The van der Waals surface area contributed by atoms with Crippen LogP contribution >= 0.6 is 0 Å². The predicted octanol–water partition coefficient (Wildman–Crippen LogP) is 4.77. The molecule has 6 rings (SSSR count). The number of likely N-dealkylation sites (tertiary alicyclic amines) is 1. The number of alkyl halides is 4.